The summed E-state index contributed by atoms with van der Waals surface area (Å²) in [7, 11) is 4.43. The standard InChI is InChI=1S/C12H25N3S/c1-14(7-4-3-5-12(13)16)9-11-6-8-15(2)10-11/h11H,3-10H2,1-2H3,(H2,13,16). The number of nitrogens with two attached hydrogens (primary N) is 1. The molecule has 1 rings (SSSR count). The minimum Gasteiger partial charge on any atom is -0.393 e. The molecule has 0 spiro atoms. The van der Waals surface area contributed by atoms with Crippen molar-refractivity contribution in [2.24, 2.45) is 11.7 Å². The van der Waals surface area contributed by atoms with E-state index in [1.807, 2.05) is 0 Å². The second-order valence-corrected chi connectivity index (χ2v) is 5.63. The minimum atomic E-state index is 0.653. The van der Waals surface area contributed by atoms with E-state index in [4.69, 9.17) is 18.0 Å². The Morgan fingerprint density at radius 2 is 2.25 bits per heavy atom. The maximum absolute atomic E-state index is 5.47. The Bertz CT molecular complexity index is 220. The van der Waals surface area contributed by atoms with Crippen molar-refractivity contribution in [3.05, 3.63) is 0 Å². The molecular formula is C12H25N3S. The lowest BCUT2D eigenvalue weighted by Gasteiger charge is -2.20. The summed E-state index contributed by atoms with van der Waals surface area (Å²) in [4.78, 5) is 5.52. The van der Waals surface area contributed by atoms with E-state index >= 15 is 0 Å². The predicted molar refractivity (Wildman–Crippen MR) is 73.7 cm³/mol. The lowest BCUT2D eigenvalue weighted by molar-refractivity contribution is 0.269. The van der Waals surface area contributed by atoms with Crippen molar-refractivity contribution in [3.63, 3.8) is 0 Å². The van der Waals surface area contributed by atoms with Gasteiger partial charge in [-0.1, -0.05) is 12.2 Å². The van der Waals surface area contributed by atoms with Crippen molar-refractivity contribution >= 4 is 17.2 Å². The Morgan fingerprint density at radius 3 is 2.81 bits per heavy atom. The van der Waals surface area contributed by atoms with Crippen LogP contribution in [0, 0.1) is 5.92 Å². The molecule has 1 heterocycles. The van der Waals surface area contributed by atoms with Gasteiger partial charge in [0.05, 0.1) is 4.99 Å². The van der Waals surface area contributed by atoms with Gasteiger partial charge in [0, 0.05) is 13.1 Å². The molecule has 2 N–H and O–H groups in total. The molecule has 3 nitrogen and oxygen atoms in total. The second kappa shape index (κ2) is 7.20. The van der Waals surface area contributed by atoms with Gasteiger partial charge in [0.2, 0.25) is 0 Å². The SMILES string of the molecule is CN(CCCCC(N)=S)CC1CCN(C)C1. The average molecular weight is 243 g/mol. The van der Waals surface area contributed by atoms with Gasteiger partial charge in [0.15, 0.2) is 0 Å². The molecular weight excluding hydrogens is 218 g/mol. The maximum Gasteiger partial charge on any atom is 0.0727 e. The fourth-order valence-electron chi connectivity index (χ4n) is 2.39. The van der Waals surface area contributed by atoms with Gasteiger partial charge >= 0.3 is 0 Å². The first kappa shape index (κ1) is 13.9. The third-order valence-corrected chi connectivity index (χ3v) is 3.48. The number of rotatable bonds is 7. The fraction of sp³-hybridized carbons (Fsp3) is 0.917. The average Bonchev–Trinajstić information content (AvgIpc) is 2.58. The largest absolute Gasteiger partial charge is 0.393 e. The Hall–Kier alpha value is -0.190. The maximum atomic E-state index is 5.47. The van der Waals surface area contributed by atoms with Gasteiger partial charge in [-0.25, -0.2) is 0 Å². The number of likely N-dealkylation sites (tertiary alicyclic amines) is 1. The van der Waals surface area contributed by atoms with Crippen LogP contribution in [0.1, 0.15) is 25.7 Å². The van der Waals surface area contributed by atoms with E-state index < -0.39 is 0 Å². The zero-order valence-electron chi connectivity index (χ0n) is 10.6. The number of thiocarbonyl (C=S) groups is 1. The fourth-order valence-corrected chi connectivity index (χ4v) is 2.53. The summed E-state index contributed by atoms with van der Waals surface area (Å²) < 4.78 is 0. The van der Waals surface area contributed by atoms with Crippen molar-refractivity contribution in [3.8, 4) is 0 Å². The van der Waals surface area contributed by atoms with Gasteiger partial charge < -0.3 is 15.5 Å². The van der Waals surface area contributed by atoms with Crippen molar-refractivity contribution < 1.29 is 0 Å². The summed E-state index contributed by atoms with van der Waals surface area (Å²) in [5, 5.41) is 0. The highest BCUT2D eigenvalue weighted by Gasteiger charge is 2.20. The molecule has 0 aromatic carbocycles. The quantitative estimate of drug-likeness (QED) is 0.540. The van der Waals surface area contributed by atoms with Gasteiger partial charge in [-0.3, -0.25) is 0 Å². The van der Waals surface area contributed by atoms with Crippen molar-refractivity contribution in [1.82, 2.24) is 9.80 Å². The van der Waals surface area contributed by atoms with E-state index in [1.54, 1.807) is 0 Å². The van der Waals surface area contributed by atoms with Gasteiger partial charge in [0.25, 0.3) is 0 Å². The molecule has 1 fully saturated rings. The third kappa shape index (κ3) is 5.77. The van der Waals surface area contributed by atoms with Crippen LogP contribution >= 0.6 is 12.2 Å². The van der Waals surface area contributed by atoms with Gasteiger partial charge in [-0.2, -0.15) is 0 Å². The summed E-state index contributed by atoms with van der Waals surface area (Å²) in [6.07, 6.45) is 4.59. The van der Waals surface area contributed by atoms with Gasteiger partial charge in [0.1, 0.15) is 0 Å². The van der Waals surface area contributed by atoms with Crippen molar-refractivity contribution in [2.75, 3.05) is 40.3 Å². The zero-order chi connectivity index (χ0) is 12.0. The molecule has 0 bridgehead atoms. The molecule has 0 saturated carbocycles. The Kier molecular flexibility index (Phi) is 6.24. The van der Waals surface area contributed by atoms with Crippen LogP contribution in [-0.4, -0.2) is 55.1 Å². The lowest BCUT2D eigenvalue weighted by atomic mass is 10.1. The first-order valence-corrected chi connectivity index (χ1v) is 6.64. The highest BCUT2D eigenvalue weighted by molar-refractivity contribution is 7.80. The Balaban J connectivity index is 2.02. The Morgan fingerprint density at radius 1 is 1.50 bits per heavy atom. The zero-order valence-corrected chi connectivity index (χ0v) is 11.4. The molecule has 1 aliphatic rings. The predicted octanol–water partition coefficient (Wildman–Crippen LogP) is 1.33. The summed E-state index contributed by atoms with van der Waals surface area (Å²) in [5.41, 5.74) is 5.47. The second-order valence-electron chi connectivity index (χ2n) is 5.10. The molecule has 1 saturated heterocycles. The summed E-state index contributed by atoms with van der Waals surface area (Å²) >= 11 is 4.86. The van der Waals surface area contributed by atoms with Crippen LogP contribution in [0.2, 0.25) is 0 Å². The molecule has 0 aromatic heterocycles. The van der Waals surface area contributed by atoms with E-state index in [2.05, 4.69) is 23.9 Å². The molecule has 1 atom stereocenters. The van der Waals surface area contributed by atoms with E-state index in [-0.39, 0.29) is 0 Å². The molecule has 94 valence electrons. The molecule has 0 aliphatic carbocycles. The van der Waals surface area contributed by atoms with Gasteiger partial charge in [-0.15, -0.1) is 0 Å². The number of unbranched alkanes of at least 4 members (excludes halogenated alkanes) is 1. The number of nitrogens with zero attached hydrogens (tertiary/aromatic N) is 2. The highest BCUT2D eigenvalue weighted by Crippen LogP contribution is 2.15. The topological polar surface area (TPSA) is 32.5 Å². The van der Waals surface area contributed by atoms with E-state index in [1.165, 1.54) is 39.0 Å². The molecule has 0 aromatic rings. The van der Waals surface area contributed by atoms with Crippen LogP contribution < -0.4 is 5.73 Å². The van der Waals surface area contributed by atoms with Crippen LogP contribution in [0.5, 0.6) is 0 Å². The van der Waals surface area contributed by atoms with E-state index in [9.17, 15) is 0 Å². The van der Waals surface area contributed by atoms with Crippen LogP contribution in [0.3, 0.4) is 0 Å². The highest BCUT2D eigenvalue weighted by atomic mass is 32.1. The Labute approximate surface area is 105 Å². The van der Waals surface area contributed by atoms with Crippen LogP contribution in [0.4, 0.5) is 0 Å². The molecule has 16 heavy (non-hydrogen) atoms. The molecule has 1 unspecified atom stereocenters. The summed E-state index contributed by atoms with van der Waals surface area (Å²) in [6, 6.07) is 0. The monoisotopic (exact) mass is 243 g/mol. The normalized spacial score (nSPS) is 21.8. The van der Waals surface area contributed by atoms with Crippen LogP contribution in [0.25, 0.3) is 0 Å². The van der Waals surface area contributed by atoms with Crippen molar-refractivity contribution in [2.45, 2.75) is 25.7 Å². The first-order valence-electron chi connectivity index (χ1n) is 6.23. The summed E-state index contributed by atoms with van der Waals surface area (Å²) in [5.74, 6) is 0.866. The van der Waals surface area contributed by atoms with Crippen molar-refractivity contribution in [1.29, 1.82) is 0 Å². The summed E-state index contributed by atoms with van der Waals surface area (Å²) in [6.45, 7) is 4.93. The number of hydrogen-bond donors (Lipinski definition) is 1. The molecule has 4 heteroatoms. The lowest BCUT2D eigenvalue weighted by Crippen LogP contribution is -2.28. The van der Waals surface area contributed by atoms with Gasteiger partial charge in [-0.05, 0) is 58.8 Å². The smallest absolute Gasteiger partial charge is 0.0727 e. The molecule has 0 radical (unpaired) electrons. The van der Waals surface area contributed by atoms with E-state index in [0.717, 1.165) is 18.8 Å². The van der Waals surface area contributed by atoms with E-state index in [0.29, 0.717) is 4.99 Å². The van der Waals surface area contributed by atoms with Crippen LogP contribution in [-0.2, 0) is 0 Å². The third-order valence-electron chi connectivity index (χ3n) is 3.27. The first-order chi connectivity index (χ1) is 7.58. The van der Waals surface area contributed by atoms with Crippen LogP contribution in [0.15, 0.2) is 0 Å². The molecule has 1 aliphatic heterocycles. The minimum absolute atomic E-state index is 0.653. The molecule has 0 amide bonds. The number of hydrogen-bond acceptors (Lipinski definition) is 3.